The molecule has 0 aliphatic carbocycles. The van der Waals surface area contributed by atoms with Gasteiger partial charge in [0, 0.05) is 0 Å². The molecule has 14 heavy (non-hydrogen) atoms. The van der Waals surface area contributed by atoms with Crippen LogP contribution in [0.15, 0.2) is 24.3 Å². The highest BCUT2D eigenvalue weighted by Crippen LogP contribution is 2.17. The lowest BCUT2D eigenvalue weighted by Crippen LogP contribution is -2.11. The Kier molecular flexibility index (Phi) is 4.64. The summed E-state index contributed by atoms with van der Waals surface area (Å²) in [7, 11) is 0. The first kappa shape index (κ1) is 11.2. The summed E-state index contributed by atoms with van der Waals surface area (Å²) in [4.78, 5) is 0. The molecule has 0 spiro atoms. The van der Waals surface area contributed by atoms with Gasteiger partial charge < -0.3 is 4.74 Å². The van der Waals surface area contributed by atoms with Crippen molar-refractivity contribution in [3.8, 4) is 11.2 Å². The molecule has 0 aromatic heterocycles. The molecule has 0 aliphatic rings. The lowest BCUT2D eigenvalue weighted by Gasteiger charge is -2.10. The first-order chi connectivity index (χ1) is 6.72. The van der Waals surface area contributed by atoms with Crippen LogP contribution >= 0.6 is 23.4 Å². The molecule has 0 saturated heterocycles. The lowest BCUT2D eigenvalue weighted by molar-refractivity contribution is 0.305. The Morgan fingerprint density at radius 3 is 3.07 bits per heavy atom. The van der Waals surface area contributed by atoms with Gasteiger partial charge in [-0.05, 0) is 36.4 Å². The minimum absolute atomic E-state index is 0.457. The van der Waals surface area contributed by atoms with E-state index in [0.29, 0.717) is 5.75 Å². The topological polar surface area (TPSA) is 33.0 Å². The van der Waals surface area contributed by atoms with Crippen molar-refractivity contribution in [2.45, 2.75) is 12.5 Å². The Hall–Kier alpha value is -0.850. The van der Waals surface area contributed by atoms with Gasteiger partial charge in [-0.1, -0.05) is 23.7 Å². The number of nitriles is 1. The second-order valence-corrected chi connectivity index (χ2v) is 4.04. The minimum Gasteiger partial charge on any atom is -0.474 e. The molecule has 0 amide bonds. The fourth-order valence-corrected chi connectivity index (χ4v) is 1.54. The van der Waals surface area contributed by atoms with E-state index in [1.807, 2.05) is 36.6 Å². The second-order valence-electron chi connectivity index (χ2n) is 2.75. The van der Waals surface area contributed by atoms with E-state index in [0.717, 1.165) is 23.1 Å². The summed E-state index contributed by atoms with van der Waals surface area (Å²) in [6.07, 6.45) is 0. The van der Waals surface area contributed by atoms with E-state index in [1.165, 1.54) is 0 Å². The molecule has 0 saturated carbocycles. The third-order valence-electron chi connectivity index (χ3n) is 1.53. The van der Waals surface area contributed by atoms with Crippen LogP contribution in [0.1, 0.15) is 5.56 Å². The van der Waals surface area contributed by atoms with Gasteiger partial charge in [0.2, 0.25) is 0 Å². The predicted molar refractivity (Wildman–Crippen MR) is 59.5 cm³/mol. The van der Waals surface area contributed by atoms with Crippen LogP contribution in [0.2, 0.25) is 0 Å². The molecule has 0 N–H and O–H groups in total. The van der Waals surface area contributed by atoms with E-state index in [1.54, 1.807) is 0 Å². The van der Waals surface area contributed by atoms with Crippen LogP contribution in [-0.4, -0.2) is 11.3 Å². The first-order valence-corrected chi connectivity index (χ1v) is 5.53. The summed E-state index contributed by atoms with van der Waals surface area (Å²) in [6.45, 7) is 1.99. The van der Waals surface area contributed by atoms with Crippen LogP contribution in [0, 0.1) is 17.6 Å². The molecular formula is C10H10ClNOS. The number of thiocyanates is 1. The zero-order chi connectivity index (χ0) is 10.4. The maximum Gasteiger partial charge on any atom is 0.182 e. The SMILES string of the molecule is Cc1cccc(OC(Cl)CSC#N)c1. The molecule has 4 heteroatoms. The number of hydrogen-bond acceptors (Lipinski definition) is 3. The predicted octanol–water partition coefficient (Wildman–Crippen LogP) is 3.15. The minimum atomic E-state index is -0.457. The maximum atomic E-state index is 8.32. The smallest absolute Gasteiger partial charge is 0.182 e. The van der Waals surface area contributed by atoms with E-state index in [4.69, 9.17) is 21.6 Å². The lowest BCUT2D eigenvalue weighted by atomic mass is 10.2. The van der Waals surface area contributed by atoms with E-state index >= 15 is 0 Å². The summed E-state index contributed by atoms with van der Waals surface area (Å²) in [5, 5.41) is 10.3. The highest BCUT2D eigenvalue weighted by atomic mass is 35.5. The van der Waals surface area contributed by atoms with Crippen LogP contribution < -0.4 is 4.74 Å². The average molecular weight is 228 g/mol. The molecule has 1 aromatic carbocycles. The number of nitrogens with zero attached hydrogens (tertiary/aromatic N) is 1. The summed E-state index contributed by atoms with van der Waals surface area (Å²) < 4.78 is 5.39. The molecule has 1 rings (SSSR count). The van der Waals surface area contributed by atoms with Gasteiger partial charge in [0.15, 0.2) is 5.56 Å². The monoisotopic (exact) mass is 227 g/mol. The van der Waals surface area contributed by atoms with Crippen molar-refractivity contribution in [3.05, 3.63) is 29.8 Å². The number of thioether (sulfide) groups is 1. The van der Waals surface area contributed by atoms with Gasteiger partial charge in [-0.15, -0.1) is 0 Å². The number of hydrogen-bond donors (Lipinski definition) is 0. The fraction of sp³-hybridized carbons (Fsp3) is 0.300. The van der Waals surface area contributed by atoms with Crippen LogP contribution in [0.3, 0.4) is 0 Å². The maximum absolute atomic E-state index is 8.32. The number of benzene rings is 1. The van der Waals surface area contributed by atoms with Crippen LogP contribution in [0.25, 0.3) is 0 Å². The van der Waals surface area contributed by atoms with Gasteiger partial charge in [-0.3, -0.25) is 0 Å². The molecule has 1 aromatic rings. The van der Waals surface area contributed by atoms with Gasteiger partial charge in [0.1, 0.15) is 11.2 Å². The average Bonchev–Trinajstić information content (AvgIpc) is 2.15. The highest BCUT2D eigenvalue weighted by molar-refractivity contribution is 8.03. The van der Waals surface area contributed by atoms with E-state index < -0.39 is 5.56 Å². The first-order valence-electron chi connectivity index (χ1n) is 4.10. The quantitative estimate of drug-likeness (QED) is 0.585. The number of alkyl halides is 1. The largest absolute Gasteiger partial charge is 0.474 e. The fourth-order valence-electron chi connectivity index (χ4n) is 0.973. The van der Waals surface area contributed by atoms with Crippen molar-refractivity contribution < 1.29 is 4.74 Å². The number of halogens is 1. The summed E-state index contributed by atoms with van der Waals surface area (Å²) in [6, 6.07) is 7.65. The van der Waals surface area contributed by atoms with Crippen molar-refractivity contribution >= 4 is 23.4 Å². The molecule has 2 nitrogen and oxygen atoms in total. The van der Waals surface area contributed by atoms with Gasteiger partial charge in [0.05, 0.1) is 5.75 Å². The molecule has 0 bridgehead atoms. The Balaban J connectivity index is 2.48. The van der Waals surface area contributed by atoms with Crippen molar-refractivity contribution in [3.63, 3.8) is 0 Å². The van der Waals surface area contributed by atoms with E-state index in [2.05, 4.69) is 0 Å². The van der Waals surface area contributed by atoms with Gasteiger partial charge in [-0.2, -0.15) is 5.26 Å². The molecule has 74 valence electrons. The Morgan fingerprint density at radius 1 is 1.64 bits per heavy atom. The van der Waals surface area contributed by atoms with Crippen LogP contribution in [0.4, 0.5) is 0 Å². The van der Waals surface area contributed by atoms with Gasteiger partial charge >= 0.3 is 0 Å². The Bertz CT molecular complexity index is 337. The van der Waals surface area contributed by atoms with Gasteiger partial charge in [0.25, 0.3) is 0 Å². The molecule has 0 fully saturated rings. The second kappa shape index (κ2) is 5.79. The number of ether oxygens (including phenoxy) is 1. The summed E-state index contributed by atoms with van der Waals surface area (Å²) in [5.74, 6) is 1.20. The van der Waals surface area contributed by atoms with Crippen molar-refractivity contribution in [1.82, 2.24) is 0 Å². The van der Waals surface area contributed by atoms with E-state index in [-0.39, 0.29) is 0 Å². The van der Waals surface area contributed by atoms with Crippen molar-refractivity contribution in [2.75, 3.05) is 5.75 Å². The van der Waals surface area contributed by atoms with Crippen LogP contribution in [0.5, 0.6) is 5.75 Å². The highest BCUT2D eigenvalue weighted by Gasteiger charge is 2.05. The van der Waals surface area contributed by atoms with Crippen molar-refractivity contribution in [1.29, 1.82) is 5.26 Å². The third kappa shape index (κ3) is 3.91. The molecule has 1 atom stereocenters. The normalized spacial score (nSPS) is 11.8. The third-order valence-corrected chi connectivity index (χ3v) is 2.56. The molecular weight excluding hydrogens is 218 g/mol. The Labute approximate surface area is 92.8 Å². The number of aryl methyl sites for hydroxylation is 1. The molecule has 0 aliphatic heterocycles. The number of rotatable bonds is 4. The Morgan fingerprint density at radius 2 is 2.43 bits per heavy atom. The summed E-state index contributed by atoms with van der Waals surface area (Å²) in [5.41, 5.74) is 0.667. The zero-order valence-electron chi connectivity index (χ0n) is 7.74. The molecule has 0 heterocycles. The van der Waals surface area contributed by atoms with E-state index in [9.17, 15) is 0 Å². The standard InChI is InChI=1S/C10H10ClNOS/c1-8-3-2-4-9(5-8)13-10(11)6-14-7-12/h2-5,10H,6H2,1H3. The van der Waals surface area contributed by atoms with Crippen LogP contribution in [-0.2, 0) is 0 Å². The molecule has 0 radical (unpaired) electrons. The zero-order valence-corrected chi connectivity index (χ0v) is 9.31. The van der Waals surface area contributed by atoms with Crippen molar-refractivity contribution in [2.24, 2.45) is 0 Å². The summed E-state index contributed by atoms with van der Waals surface area (Å²) >= 11 is 6.94. The molecule has 1 unspecified atom stereocenters. The van der Waals surface area contributed by atoms with Gasteiger partial charge in [-0.25, -0.2) is 0 Å².